The summed E-state index contributed by atoms with van der Waals surface area (Å²) in [5.74, 6) is 6.50. The highest BCUT2D eigenvalue weighted by Gasteiger charge is 2.38. The maximum Gasteiger partial charge on any atom is 0.348 e. The van der Waals surface area contributed by atoms with Crippen molar-refractivity contribution >= 4 is 28.9 Å². The summed E-state index contributed by atoms with van der Waals surface area (Å²) in [5, 5.41) is 19.4. The Kier molecular flexibility index (Phi) is 11.3. The van der Waals surface area contributed by atoms with Crippen molar-refractivity contribution in [2.24, 2.45) is 17.3 Å². The molecule has 2 aliphatic carbocycles. The first-order valence-electron chi connectivity index (χ1n) is 15.6. The van der Waals surface area contributed by atoms with Crippen LogP contribution in [-0.4, -0.2) is 64.3 Å². The molecule has 0 bridgehead atoms. The van der Waals surface area contributed by atoms with Crippen LogP contribution < -0.4 is 9.64 Å². The standard InChI is InChI=1S/C34H47N3O5S/c1-23-6-8-25(9-7-23)32(39)37(29-21-28(14-16-34(2,3)4)43-31(29)33(40)41)26-10-12-27(13-11-26)42-30-20-24(15-17-35-30)22-36(5)18-19-38/h15,17,20-21,23,25-27,38H,6-13,18-19,22H2,1-5H3,(H,40,41)/t23?,25?,26-,27-. The molecule has 0 saturated heterocycles. The molecule has 9 heteroatoms. The van der Waals surface area contributed by atoms with Crippen LogP contribution >= 0.6 is 11.3 Å². The van der Waals surface area contributed by atoms with Crippen molar-refractivity contribution in [3.63, 3.8) is 0 Å². The molecule has 2 aromatic heterocycles. The van der Waals surface area contributed by atoms with Crippen LogP contribution in [0.25, 0.3) is 0 Å². The predicted molar refractivity (Wildman–Crippen MR) is 171 cm³/mol. The van der Waals surface area contributed by atoms with Crippen molar-refractivity contribution in [2.75, 3.05) is 25.1 Å². The fourth-order valence-electron chi connectivity index (χ4n) is 5.99. The Bertz CT molecular complexity index is 1310. The van der Waals surface area contributed by atoms with Crippen LogP contribution in [0, 0.1) is 29.1 Å². The van der Waals surface area contributed by atoms with Crippen LogP contribution in [0.3, 0.4) is 0 Å². The van der Waals surface area contributed by atoms with Crippen molar-refractivity contribution in [2.45, 2.75) is 97.8 Å². The summed E-state index contributed by atoms with van der Waals surface area (Å²) in [7, 11) is 1.96. The zero-order chi connectivity index (χ0) is 31.1. The molecule has 0 aliphatic heterocycles. The summed E-state index contributed by atoms with van der Waals surface area (Å²) < 4.78 is 6.30. The van der Waals surface area contributed by atoms with E-state index >= 15 is 0 Å². The van der Waals surface area contributed by atoms with Crippen LogP contribution in [0.2, 0.25) is 0 Å². The molecule has 0 radical (unpaired) electrons. The number of rotatable bonds is 10. The van der Waals surface area contributed by atoms with E-state index in [9.17, 15) is 19.8 Å². The van der Waals surface area contributed by atoms with Gasteiger partial charge in [-0.1, -0.05) is 18.8 Å². The van der Waals surface area contributed by atoms with Crippen molar-refractivity contribution < 1.29 is 24.5 Å². The average molecular weight is 610 g/mol. The van der Waals surface area contributed by atoms with Crippen LogP contribution in [0.15, 0.2) is 24.4 Å². The first-order valence-corrected chi connectivity index (χ1v) is 16.4. The maximum atomic E-state index is 14.2. The van der Waals surface area contributed by atoms with Crippen molar-refractivity contribution in [3.8, 4) is 17.7 Å². The van der Waals surface area contributed by atoms with Crippen LogP contribution in [0.1, 0.15) is 99.2 Å². The van der Waals surface area contributed by atoms with E-state index in [1.165, 1.54) is 0 Å². The van der Waals surface area contributed by atoms with Gasteiger partial charge in [-0.05, 0) is 103 Å². The number of ether oxygens (including phenoxy) is 1. The summed E-state index contributed by atoms with van der Waals surface area (Å²) >= 11 is 1.16. The largest absolute Gasteiger partial charge is 0.477 e. The third-order valence-corrected chi connectivity index (χ3v) is 9.39. The van der Waals surface area contributed by atoms with E-state index in [4.69, 9.17) is 4.74 Å². The minimum absolute atomic E-state index is 0.0312. The first kappa shape index (κ1) is 33.0. The van der Waals surface area contributed by atoms with Crippen molar-refractivity contribution in [1.82, 2.24) is 9.88 Å². The van der Waals surface area contributed by atoms with Crippen molar-refractivity contribution in [1.29, 1.82) is 0 Å². The Labute approximate surface area is 260 Å². The van der Waals surface area contributed by atoms with Gasteiger partial charge in [0.2, 0.25) is 11.8 Å². The predicted octanol–water partition coefficient (Wildman–Crippen LogP) is 6.21. The Balaban J connectivity index is 1.54. The normalized spacial score (nSPS) is 22.5. The van der Waals surface area contributed by atoms with E-state index in [1.54, 1.807) is 6.20 Å². The van der Waals surface area contributed by atoms with Gasteiger partial charge < -0.3 is 19.8 Å². The SMILES string of the molecule is CC1CCC(C(=O)N(c2cc(C#CC(C)(C)C)sc2C(=O)O)[C@H]2CC[C@H](Oc3cc(CN(C)CCO)ccn3)CC2)CC1. The summed E-state index contributed by atoms with van der Waals surface area (Å²) in [6, 6.07) is 5.62. The number of aliphatic hydroxyl groups excluding tert-OH is 1. The van der Waals surface area contributed by atoms with E-state index in [0.29, 0.717) is 35.5 Å². The maximum absolute atomic E-state index is 14.2. The first-order chi connectivity index (χ1) is 20.4. The molecule has 43 heavy (non-hydrogen) atoms. The number of anilines is 1. The number of pyridine rings is 1. The lowest BCUT2D eigenvalue weighted by Crippen LogP contribution is -2.47. The number of thiophene rings is 1. The number of aliphatic hydroxyl groups is 1. The van der Waals surface area contributed by atoms with Gasteiger partial charge >= 0.3 is 5.97 Å². The molecule has 8 nitrogen and oxygen atoms in total. The second-order valence-electron chi connectivity index (χ2n) is 13.3. The molecule has 2 aromatic rings. The molecule has 0 unspecified atom stereocenters. The summed E-state index contributed by atoms with van der Waals surface area (Å²) in [5.41, 5.74) is 1.34. The molecule has 234 valence electrons. The van der Waals surface area contributed by atoms with Gasteiger partial charge in [0.05, 0.1) is 17.2 Å². The fraction of sp³-hybridized carbons (Fsp3) is 0.618. The Morgan fingerprint density at radius 2 is 1.79 bits per heavy atom. The van der Waals surface area contributed by atoms with Crippen LogP contribution in [0.5, 0.6) is 5.88 Å². The number of likely N-dealkylation sites (N-methyl/N-ethyl adjacent to an activating group) is 1. The molecule has 1 amide bonds. The summed E-state index contributed by atoms with van der Waals surface area (Å²) in [6.07, 6.45) is 8.36. The van der Waals surface area contributed by atoms with E-state index in [1.807, 2.05) is 55.8 Å². The van der Waals surface area contributed by atoms with Crippen LogP contribution in [0.4, 0.5) is 5.69 Å². The smallest absolute Gasteiger partial charge is 0.348 e. The quantitative estimate of drug-likeness (QED) is 0.309. The Morgan fingerprint density at radius 1 is 1.09 bits per heavy atom. The van der Waals surface area contributed by atoms with Gasteiger partial charge in [-0.2, -0.15) is 0 Å². The Hall–Kier alpha value is -2.93. The molecule has 0 atom stereocenters. The monoisotopic (exact) mass is 609 g/mol. The second-order valence-corrected chi connectivity index (χ2v) is 14.4. The van der Waals surface area contributed by atoms with E-state index in [2.05, 4.69) is 23.7 Å². The minimum atomic E-state index is -1.02. The van der Waals surface area contributed by atoms with Gasteiger partial charge in [0, 0.05) is 42.7 Å². The number of carbonyl (C=O) groups excluding carboxylic acids is 1. The molecule has 0 aromatic carbocycles. The molecular formula is C34H47N3O5S. The average Bonchev–Trinajstić information content (AvgIpc) is 3.37. The fourth-order valence-corrected chi connectivity index (χ4v) is 6.83. The molecule has 2 saturated carbocycles. The van der Waals surface area contributed by atoms with Crippen molar-refractivity contribution in [3.05, 3.63) is 39.7 Å². The van der Waals surface area contributed by atoms with Gasteiger partial charge in [-0.25, -0.2) is 9.78 Å². The molecule has 2 fully saturated rings. The molecule has 4 rings (SSSR count). The molecule has 2 N–H and O–H groups in total. The van der Waals surface area contributed by atoms with E-state index in [0.717, 1.165) is 68.3 Å². The van der Waals surface area contributed by atoms with Crippen LogP contribution in [-0.2, 0) is 11.3 Å². The number of carboxylic acids is 1. The van der Waals surface area contributed by atoms with Gasteiger partial charge in [0.1, 0.15) is 11.0 Å². The third-order valence-electron chi connectivity index (χ3n) is 8.36. The van der Waals surface area contributed by atoms with Gasteiger partial charge in [-0.3, -0.25) is 9.69 Å². The highest BCUT2D eigenvalue weighted by atomic mass is 32.1. The highest BCUT2D eigenvalue weighted by Crippen LogP contribution is 2.39. The van der Waals surface area contributed by atoms with E-state index in [-0.39, 0.29) is 40.9 Å². The lowest BCUT2D eigenvalue weighted by molar-refractivity contribution is -0.124. The number of hydrogen-bond acceptors (Lipinski definition) is 7. The minimum Gasteiger partial charge on any atom is -0.477 e. The summed E-state index contributed by atoms with van der Waals surface area (Å²) in [4.78, 5) is 35.8. The van der Waals surface area contributed by atoms with Gasteiger partial charge in [-0.15, -0.1) is 11.3 Å². The number of amides is 1. The molecule has 0 spiro atoms. The summed E-state index contributed by atoms with van der Waals surface area (Å²) in [6.45, 7) is 9.70. The number of aromatic nitrogens is 1. The highest BCUT2D eigenvalue weighted by molar-refractivity contribution is 7.15. The molecule has 2 aliphatic rings. The zero-order valence-corrected chi connectivity index (χ0v) is 27.1. The lowest BCUT2D eigenvalue weighted by atomic mass is 9.81. The van der Waals surface area contributed by atoms with Gasteiger partial charge in [0.25, 0.3) is 0 Å². The van der Waals surface area contributed by atoms with Gasteiger partial charge in [0.15, 0.2) is 0 Å². The number of aromatic carboxylic acids is 1. The molecular weight excluding hydrogens is 562 g/mol. The third kappa shape index (κ3) is 9.28. The number of nitrogens with zero attached hydrogens (tertiary/aromatic N) is 3. The second kappa shape index (κ2) is 14.7. The van der Waals surface area contributed by atoms with E-state index < -0.39 is 5.97 Å². The Morgan fingerprint density at radius 3 is 2.42 bits per heavy atom. The number of carbonyl (C=O) groups is 2. The number of carboxylic acid groups (broad SMARTS) is 1. The lowest BCUT2D eigenvalue weighted by Gasteiger charge is -2.39. The number of hydrogen-bond donors (Lipinski definition) is 2. The zero-order valence-electron chi connectivity index (χ0n) is 26.3. The molecule has 2 heterocycles. The topological polar surface area (TPSA) is 103 Å².